The molecule has 0 amide bonds. The van der Waals surface area contributed by atoms with Gasteiger partial charge in [-0.25, -0.2) is 0 Å². The van der Waals surface area contributed by atoms with E-state index in [-0.39, 0.29) is 12.4 Å². The third kappa shape index (κ3) is 5.73. The molecule has 4 heteroatoms. The quantitative estimate of drug-likeness (QED) is 0.751. The average molecular weight is 402 g/mol. The first-order valence-electron chi connectivity index (χ1n) is 10.5. The number of hydrogen-bond acceptors (Lipinski definition) is 3. The summed E-state index contributed by atoms with van der Waals surface area (Å²) in [7, 11) is 0. The zero-order valence-corrected chi connectivity index (χ0v) is 17.4. The number of likely N-dealkylation sites (tertiary alicyclic amines) is 1. The molecule has 28 heavy (non-hydrogen) atoms. The van der Waals surface area contributed by atoms with Gasteiger partial charge in [-0.05, 0) is 86.4 Å². The Balaban J connectivity index is 0.00000225. The molecule has 0 spiro atoms. The van der Waals surface area contributed by atoms with Crippen LogP contribution in [0.15, 0.2) is 48.5 Å². The number of aliphatic hydroxyl groups is 1. The maximum absolute atomic E-state index is 10.4. The van der Waals surface area contributed by atoms with E-state index in [9.17, 15) is 5.11 Å². The van der Waals surface area contributed by atoms with Gasteiger partial charge in [0.15, 0.2) is 0 Å². The lowest BCUT2D eigenvalue weighted by Crippen LogP contribution is -2.41. The predicted octanol–water partition coefficient (Wildman–Crippen LogP) is 4.29. The van der Waals surface area contributed by atoms with Crippen LogP contribution >= 0.6 is 12.4 Å². The Kier molecular flexibility index (Phi) is 7.78. The van der Waals surface area contributed by atoms with Crippen molar-refractivity contribution in [3.63, 3.8) is 0 Å². The van der Waals surface area contributed by atoms with Gasteiger partial charge in [-0.1, -0.05) is 36.4 Å². The van der Waals surface area contributed by atoms with Crippen LogP contribution in [0.25, 0.3) is 0 Å². The minimum absolute atomic E-state index is 0. The lowest BCUT2D eigenvalue weighted by atomic mass is 9.90. The molecule has 4 rings (SSSR count). The fourth-order valence-corrected chi connectivity index (χ4v) is 4.50. The number of hydrogen-bond donors (Lipinski definition) is 1. The van der Waals surface area contributed by atoms with Crippen LogP contribution in [0, 0.1) is 5.92 Å². The SMILES string of the molecule is Cl.OC(COc1ccc2c(c1)CCC2)CN1CCC(Cc2ccccc2)CC1. The van der Waals surface area contributed by atoms with Gasteiger partial charge in [0, 0.05) is 6.54 Å². The molecule has 0 bridgehead atoms. The first kappa shape index (κ1) is 21.2. The second-order valence-corrected chi connectivity index (χ2v) is 8.18. The van der Waals surface area contributed by atoms with Crippen LogP contribution in [-0.2, 0) is 19.3 Å². The molecule has 0 saturated carbocycles. The number of ether oxygens (including phenoxy) is 1. The number of nitrogens with zero attached hydrogens (tertiary/aromatic N) is 1. The second-order valence-electron chi connectivity index (χ2n) is 8.18. The molecular weight excluding hydrogens is 370 g/mol. The number of fused-ring (bicyclic) bond motifs is 1. The zero-order chi connectivity index (χ0) is 18.5. The minimum atomic E-state index is -0.427. The van der Waals surface area contributed by atoms with Crippen LogP contribution in [0.1, 0.15) is 36.0 Å². The zero-order valence-electron chi connectivity index (χ0n) is 16.6. The van der Waals surface area contributed by atoms with E-state index in [4.69, 9.17) is 4.74 Å². The van der Waals surface area contributed by atoms with Gasteiger partial charge in [0.2, 0.25) is 0 Å². The normalized spacial score (nSPS) is 18.3. The van der Waals surface area contributed by atoms with Crippen LogP contribution in [0.2, 0.25) is 0 Å². The van der Waals surface area contributed by atoms with Crippen molar-refractivity contribution in [3.8, 4) is 5.75 Å². The fraction of sp³-hybridized carbons (Fsp3) is 0.500. The molecule has 1 N–H and O–H groups in total. The van der Waals surface area contributed by atoms with Crippen LogP contribution in [0.5, 0.6) is 5.75 Å². The van der Waals surface area contributed by atoms with Crippen LogP contribution in [0.3, 0.4) is 0 Å². The molecule has 2 aromatic carbocycles. The summed E-state index contributed by atoms with van der Waals surface area (Å²) in [5.74, 6) is 1.67. The van der Waals surface area contributed by atoms with Gasteiger partial charge in [-0.15, -0.1) is 12.4 Å². The molecule has 152 valence electrons. The molecule has 2 aliphatic rings. The van der Waals surface area contributed by atoms with Crippen molar-refractivity contribution >= 4 is 12.4 Å². The van der Waals surface area contributed by atoms with E-state index < -0.39 is 6.10 Å². The highest BCUT2D eigenvalue weighted by Crippen LogP contribution is 2.26. The van der Waals surface area contributed by atoms with Gasteiger partial charge in [-0.2, -0.15) is 0 Å². The van der Waals surface area contributed by atoms with E-state index in [2.05, 4.69) is 47.4 Å². The molecule has 1 heterocycles. The van der Waals surface area contributed by atoms with Crippen molar-refractivity contribution in [2.75, 3.05) is 26.2 Å². The van der Waals surface area contributed by atoms with Crippen molar-refractivity contribution in [3.05, 3.63) is 65.2 Å². The summed E-state index contributed by atoms with van der Waals surface area (Å²) < 4.78 is 5.86. The maximum atomic E-state index is 10.4. The third-order valence-corrected chi connectivity index (χ3v) is 6.06. The van der Waals surface area contributed by atoms with Gasteiger partial charge < -0.3 is 14.7 Å². The van der Waals surface area contributed by atoms with Gasteiger partial charge in [0.1, 0.15) is 18.5 Å². The summed E-state index contributed by atoms with van der Waals surface area (Å²) >= 11 is 0. The molecule has 3 nitrogen and oxygen atoms in total. The van der Waals surface area contributed by atoms with Gasteiger partial charge in [0.25, 0.3) is 0 Å². The van der Waals surface area contributed by atoms with Crippen LogP contribution in [0.4, 0.5) is 0 Å². The Hall–Kier alpha value is -1.55. The maximum Gasteiger partial charge on any atom is 0.119 e. The first-order chi connectivity index (χ1) is 13.3. The van der Waals surface area contributed by atoms with E-state index in [1.54, 1.807) is 0 Å². The standard InChI is InChI=1S/C24H31NO2.ClH/c26-23(18-27-24-10-9-21-7-4-8-22(21)16-24)17-25-13-11-20(12-14-25)15-19-5-2-1-3-6-19;/h1-3,5-6,9-10,16,20,23,26H,4,7-8,11-15,17-18H2;1H. The number of β-amino-alcohol motifs (C(OH)–C–C–N with tert-alkyl or cyclic N) is 1. The number of aryl methyl sites for hydroxylation is 2. The molecule has 1 aliphatic heterocycles. The Morgan fingerprint density at radius 3 is 2.54 bits per heavy atom. The van der Waals surface area contributed by atoms with Crippen molar-refractivity contribution in [1.29, 1.82) is 0 Å². The number of rotatable bonds is 7. The highest BCUT2D eigenvalue weighted by Gasteiger charge is 2.21. The highest BCUT2D eigenvalue weighted by molar-refractivity contribution is 5.85. The summed E-state index contributed by atoms with van der Waals surface area (Å²) in [4.78, 5) is 2.39. The molecule has 0 radical (unpaired) electrons. The topological polar surface area (TPSA) is 32.7 Å². The molecule has 1 aliphatic carbocycles. The molecule has 0 aromatic heterocycles. The van der Waals surface area contributed by atoms with E-state index in [1.807, 2.05) is 6.07 Å². The lowest BCUT2D eigenvalue weighted by Gasteiger charge is -2.33. The summed E-state index contributed by atoms with van der Waals surface area (Å²) in [5, 5.41) is 10.4. The number of aliphatic hydroxyl groups excluding tert-OH is 1. The summed E-state index contributed by atoms with van der Waals surface area (Å²) in [6.07, 6.45) is 6.79. The molecular formula is C24H32ClNO2. The Bertz CT molecular complexity index is 729. The van der Waals surface area contributed by atoms with Gasteiger partial charge >= 0.3 is 0 Å². The van der Waals surface area contributed by atoms with Crippen molar-refractivity contribution in [1.82, 2.24) is 4.90 Å². The van der Waals surface area contributed by atoms with Crippen LogP contribution in [-0.4, -0.2) is 42.4 Å². The van der Waals surface area contributed by atoms with Gasteiger partial charge in [0.05, 0.1) is 0 Å². The molecule has 1 saturated heterocycles. The number of benzene rings is 2. The Morgan fingerprint density at radius 2 is 1.75 bits per heavy atom. The third-order valence-electron chi connectivity index (χ3n) is 6.06. The molecule has 1 atom stereocenters. The molecule has 1 unspecified atom stereocenters. The number of halogens is 1. The Morgan fingerprint density at radius 1 is 1.00 bits per heavy atom. The van der Waals surface area contributed by atoms with E-state index in [0.29, 0.717) is 13.2 Å². The van der Waals surface area contributed by atoms with E-state index in [1.165, 1.54) is 48.8 Å². The highest BCUT2D eigenvalue weighted by atomic mass is 35.5. The predicted molar refractivity (Wildman–Crippen MR) is 117 cm³/mol. The summed E-state index contributed by atoms with van der Waals surface area (Å²) in [6.45, 7) is 3.24. The monoisotopic (exact) mass is 401 g/mol. The minimum Gasteiger partial charge on any atom is -0.491 e. The van der Waals surface area contributed by atoms with Crippen LogP contribution < -0.4 is 4.74 Å². The molecule has 1 fully saturated rings. The number of piperidine rings is 1. The van der Waals surface area contributed by atoms with E-state index in [0.717, 1.165) is 31.2 Å². The van der Waals surface area contributed by atoms with Crippen molar-refractivity contribution in [2.45, 2.75) is 44.6 Å². The Labute approximate surface area is 175 Å². The lowest BCUT2D eigenvalue weighted by molar-refractivity contribution is 0.0550. The fourth-order valence-electron chi connectivity index (χ4n) is 4.50. The summed E-state index contributed by atoms with van der Waals surface area (Å²) in [6, 6.07) is 17.2. The summed E-state index contributed by atoms with van der Waals surface area (Å²) in [5.41, 5.74) is 4.32. The molecule has 2 aromatic rings. The van der Waals surface area contributed by atoms with Crippen molar-refractivity contribution < 1.29 is 9.84 Å². The largest absolute Gasteiger partial charge is 0.491 e. The van der Waals surface area contributed by atoms with E-state index >= 15 is 0 Å². The smallest absolute Gasteiger partial charge is 0.119 e. The first-order valence-corrected chi connectivity index (χ1v) is 10.5. The van der Waals surface area contributed by atoms with Gasteiger partial charge in [-0.3, -0.25) is 0 Å². The second kappa shape index (κ2) is 10.3. The average Bonchev–Trinajstić information content (AvgIpc) is 3.17. The van der Waals surface area contributed by atoms with Crippen molar-refractivity contribution in [2.24, 2.45) is 5.92 Å².